The summed E-state index contributed by atoms with van der Waals surface area (Å²) in [5.41, 5.74) is -4.21. The Hall–Kier alpha value is -3.90. The Morgan fingerprint density at radius 2 is 1.13 bits per heavy atom. The van der Waals surface area contributed by atoms with Gasteiger partial charge in [0.05, 0.1) is 27.4 Å². The van der Waals surface area contributed by atoms with Crippen LogP contribution in [0.15, 0.2) is 54.9 Å². The van der Waals surface area contributed by atoms with E-state index in [1.54, 1.807) is 0 Å². The molecule has 0 unspecified atom stereocenters. The first-order valence-corrected chi connectivity index (χ1v) is 8.34. The molecule has 0 aliphatic rings. The Balaban J connectivity index is 2.07. The Kier molecular flexibility index (Phi) is 5.69. The van der Waals surface area contributed by atoms with Gasteiger partial charge in [0.1, 0.15) is 6.33 Å². The fourth-order valence-corrected chi connectivity index (χ4v) is 2.67. The van der Waals surface area contributed by atoms with Crippen molar-refractivity contribution in [1.29, 1.82) is 0 Å². The van der Waals surface area contributed by atoms with Crippen LogP contribution in [-0.4, -0.2) is 14.9 Å². The summed E-state index contributed by atoms with van der Waals surface area (Å²) in [4.78, 5) is 17.8. The number of benzene rings is 2. The van der Waals surface area contributed by atoms with Crippen molar-refractivity contribution in [3.8, 4) is 0 Å². The topological polar surface area (TPSA) is 93.0 Å². The quantitative estimate of drug-likeness (QED) is 0.289. The SMILES string of the molecule is O=[N+]([O-])c1c(Nc2ccccc2C(F)(F)F)ncnc1Nc1ccccc1C(F)(F)F. The molecule has 1 aromatic heterocycles. The maximum atomic E-state index is 13.2. The summed E-state index contributed by atoms with van der Waals surface area (Å²) in [6, 6.07) is 8.36. The smallest absolute Gasteiger partial charge is 0.334 e. The summed E-state index contributed by atoms with van der Waals surface area (Å²) in [5.74, 6) is -1.27. The lowest BCUT2D eigenvalue weighted by molar-refractivity contribution is -0.383. The van der Waals surface area contributed by atoms with Gasteiger partial charge in [0, 0.05) is 0 Å². The van der Waals surface area contributed by atoms with Crippen molar-refractivity contribution in [1.82, 2.24) is 9.97 Å². The zero-order valence-electron chi connectivity index (χ0n) is 15.1. The molecule has 0 saturated carbocycles. The van der Waals surface area contributed by atoms with E-state index in [4.69, 9.17) is 0 Å². The van der Waals surface area contributed by atoms with Crippen LogP contribution in [0, 0.1) is 10.1 Å². The Morgan fingerprint density at radius 1 is 0.742 bits per heavy atom. The highest BCUT2D eigenvalue weighted by Crippen LogP contribution is 2.40. The van der Waals surface area contributed by atoms with Crippen LogP contribution in [0.4, 0.5) is 55.0 Å². The van der Waals surface area contributed by atoms with Gasteiger partial charge in [0.2, 0.25) is 11.6 Å². The standard InChI is InChI=1S/C18H11F6N5O2/c19-17(20,21)10-5-1-3-7-12(10)27-15-14(29(30)31)16(26-9-25-15)28-13-8-4-2-6-11(13)18(22,23)24/h1-9H,(H2,25,26,27,28). The number of para-hydroxylation sites is 2. The normalized spacial score (nSPS) is 11.8. The van der Waals surface area contributed by atoms with Crippen molar-refractivity contribution in [3.63, 3.8) is 0 Å². The van der Waals surface area contributed by atoms with Crippen molar-refractivity contribution >= 4 is 28.7 Å². The molecule has 0 aliphatic heterocycles. The van der Waals surface area contributed by atoms with E-state index >= 15 is 0 Å². The van der Waals surface area contributed by atoms with E-state index in [0.717, 1.165) is 42.7 Å². The van der Waals surface area contributed by atoms with Gasteiger partial charge in [-0.15, -0.1) is 0 Å². The molecule has 0 saturated heterocycles. The van der Waals surface area contributed by atoms with Gasteiger partial charge in [-0.3, -0.25) is 10.1 Å². The lowest BCUT2D eigenvalue weighted by atomic mass is 10.1. The van der Waals surface area contributed by atoms with Gasteiger partial charge >= 0.3 is 18.0 Å². The molecule has 7 nitrogen and oxygen atoms in total. The van der Waals surface area contributed by atoms with Gasteiger partial charge in [-0.25, -0.2) is 9.97 Å². The van der Waals surface area contributed by atoms with E-state index in [2.05, 4.69) is 20.6 Å². The van der Waals surface area contributed by atoms with Crippen LogP contribution in [-0.2, 0) is 12.4 Å². The summed E-state index contributed by atoms with van der Waals surface area (Å²) in [6.45, 7) is 0. The van der Waals surface area contributed by atoms with Crippen LogP contribution in [0.2, 0.25) is 0 Å². The first-order valence-electron chi connectivity index (χ1n) is 8.34. The minimum atomic E-state index is -4.77. The van der Waals surface area contributed by atoms with Gasteiger partial charge in [-0.1, -0.05) is 24.3 Å². The number of nitrogens with one attached hydrogen (secondary N) is 2. The summed E-state index contributed by atoms with van der Waals surface area (Å²) in [7, 11) is 0. The molecule has 0 bridgehead atoms. The molecule has 0 radical (unpaired) electrons. The number of aromatic nitrogens is 2. The van der Waals surface area contributed by atoms with Crippen LogP contribution in [0.25, 0.3) is 0 Å². The molecule has 31 heavy (non-hydrogen) atoms. The Morgan fingerprint density at radius 3 is 1.48 bits per heavy atom. The molecule has 2 aromatic carbocycles. The number of hydrogen-bond acceptors (Lipinski definition) is 6. The number of nitrogens with zero attached hydrogens (tertiary/aromatic N) is 3. The highest BCUT2D eigenvalue weighted by Gasteiger charge is 2.36. The van der Waals surface area contributed by atoms with Crippen LogP contribution in [0.1, 0.15) is 11.1 Å². The van der Waals surface area contributed by atoms with Crippen LogP contribution in [0.5, 0.6) is 0 Å². The van der Waals surface area contributed by atoms with Crippen molar-refractivity contribution in [2.75, 3.05) is 10.6 Å². The molecule has 3 rings (SSSR count). The lowest BCUT2D eigenvalue weighted by Crippen LogP contribution is -2.12. The van der Waals surface area contributed by atoms with E-state index in [1.165, 1.54) is 12.1 Å². The molecule has 162 valence electrons. The fourth-order valence-electron chi connectivity index (χ4n) is 2.67. The number of nitro groups is 1. The van der Waals surface area contributed by atoms with Gasteiger partial charge in [0.15, 0.2) is 0 Å². The number of rotatable bonds is 5. The first kappa shape index (κ1) is 21.8. The third-order valence-corrected chi connectivity index (χ3v) is 3.98. The van der Waals surface area contributed by atoms with Crippen molar-refractivity contribution < 1.29 is 31.3 Å². The average molecular weight is 443 g/mol. The molecule has 3 aromatic rings. The second kappa shape index (κ2) is 8.08. The van der Waals surface area contributed by atoms with Crippen molar-refractivity contribution in [3.05, 3.63) is 76.1 Å². The zero-order valence-corrected chi connectivity index (χ0v) is 15.1. The fraction of sp³-hybridized carbons (Fsp3) is 0.111. The maximum Gasteiger partial charge on any atom is 0.418 e. The highest BCUT2D eigenvalue weighted by atomic mass is 19.4. The molecule has 0 atom stereocenters. The predicted octanol–water partition coefficient (Wildman–Crippen LogP) is 5.91. The minimum Gasteiger partial charge on any atom is -0.334 e. The number of hydrogen-bond donors (Lipinski definition) is 2. The van der Waals surface area contributed by atoms with Gasteiger partial charge in [-0.05, 0) is 24.3 Å². The minimum absolute atomic E-state index is 0.529. The maximum absolute atomic E-state index is 13.2. The van der Waals surface area contributed by atoms with E-state index in [1.807, 2.05) is 0 Å². The highest BCUT2D eigenvalue weighted by molar-refractivity contribution is 5.78. The molecule has 0 aliphatic carbocycles. The number of anilines is 4. The summed E-state index contributed by atoms with van der Waals surface area (Å²) in [5, 5.41) is 16.0. The zero-order chi connectivity index (χ0) is 22.8. The summed E-state index contributed by atoms with van der Waals surface area (Å²) < 4.78 is 79.2. The number of halogens is 6. The first-order chi connectivity index (χ1) is 14.5. The number of alkyl halides is 6. The molecule has 1 heterocycles. The van der Waals surface area contributed by atoms with Crippen molar-refractivity contribution in [2.45, 2.75) is 12.4 Å². The van der Waals surface area contributed by atoms with Crippen LogP contribution in [0.3, 0.4) is 0 Å². The van der Waals surface area contributed by atoms with E-state index in [9.17, 15) is 36.5 Å². The predicted molar refractivity (Wildman–Crippen MR) is 98.1 cm³/mol. The molecular weight excluding hydrogens is 432 g/mol. The molecule has 0 amide bonds. The second-order valence-corrected chi connectivity index (χ2v) is 6.01. The van der Waals surface area contributed by atoms with E-state index < -0.39 is 57.1 Å². The van der Waals surface area contributed by atoms with Crippen LogP contribution >= 0.6 is 0 Å². The third-order valence-electron chi connectivity index (χ3n) is 3.98. The average Bonchev–Trinajstić information content (AvgIpc) is 2.67. The third kappa shape index (κ3) is 4.82. The van der Waals surface area contributed by atoms with E-state index in [-0.39, 0.29) is 0 Å². The molecule has 2 N–H and O–H groups in total. The summed E-state index contributed by atoms with van der Waals surface area (Å²) >= 11 is 0. The Labute approximate surface area is 169 Å². The molecular formula is C18H11F6N5O2. The van der Waals surface area contributed by atoms with Gasteiger partial charge in [0.25, 0.3) is 0 Å². The van der Waals surface area contributed by atoms with Crippen molar-refractivity contribution in [2.24, 2.45) is 0 Å². The van der Waals surface area contributed by atoms with Crippen LogP contribution < -0.4 is 10.6 Å². The molecule has 13 heteroatoms. The largest absolute Gasteiger partial charge is 0.418 e. The second-order valence-electron chi connectivity index (χ2n) is 6.01. The summed E-state index contributed by atoms with van der Waals surface area (Å²) in [6.07, 6.45) is -8.76. The van der Waals surface area contributed by atoms with E-state index in [0.29, 0.717) is 0 Å². The molecule has 0 spiro atoms. The van der Waals surface area contributed by atoms with Gasteiger partial charge < -0.3 is 10.6 Å². The lowest BCUT2D eigenvalue weighted by Gasteiger charge is -2.16. The Bertz CT molecular complexity index is 1040. The van der Waals surface area contributed by atoms with Gasteiger partial charge in [-0.2, -0.15) is 26.3 Å². The monoisotopic (exact) mass is 443 g/mol. The molecule has 0 fully saturated rings.